The molecule has 35 heavy (non-hydrogen) atoms. The fraction of sp³-hybridized carbons (Fsp3) is 0.400. The van der Waals surface area contributed by atoms with Crippen molar-refractivity contribution in [1.82, 2.24) is 25.1 Å². The molecule has 9 nitrogen and oxygen atoms in total. The molecule has 0 unspecified atom stereocenters. The van der Waals surface area contributed by atoms with E-state index in [1.54, 1.807) is 17.8 Å². The maximum Gasteiger partial charge on any atom is 0.349 e. The smallest absolute Gasteiger partial charge is 0.349 e. The number of ether oxygens (including phenoxy) is 1. The molecule has 0 saturated carbocycles. The van der Waals surface area contributed by atoms with Crippen LogP contribution >= 0.6 is 0 Å². The molecule has 184 valence electrons. The van der Waals surface area contributed by atoms with Gasteiger partial charge < -0.3 is 30.1 Å². The Morgan fingerprint density at radius 2 is 2.23 bits per heavy atom. The van der Waals surface area contributed by atoms with Crippen molar-refractivity contribution in [1.29, 1.82) is 5.41 Å². The first-order chi connectivity index (χ1) is 16.9. The van der Waals surface area contributed by atoms with Gasteiger partial charge in [0.1, 0.15) is 11.2 Å². The second-order valence-electron chi connectivity index (χ2n) is 8.97. The zero-order chi connectivity index (χ0) is 24.7. The SMILES string of the molecule is CC[C@H]1C[C@@H](n2c(=O)nc(/C(C=N)=C/NC)c3oc4c(F)cc(C5=CN(C)CN5)cc4c32)CCO1. The van der Waals surface area contributed by atoms with E-state index in [1.165, 1.54) is 6.07 Å². The summed E-state index contributed by atoms with van der Waals surface area (Å²) in [6.07, 6.45) is 6.74. The van der Waals surface area contributed by atoms with Gasteiger partial charge in [-0.1, -0.05) is 6.92 Å². The summed E-state index contributed by atoms with van der Waals surface area (Å²) in [5, 5.41) is 14.5. The Bertz CT molecular complexity index is 1420. The van der Waals surface area contributed by atoms with Gasteiger partial charge in [0.25, 0.3) is 0 Å². The predicted octanol–water partition coefficient (Wildman–Crippen LogP) is 3.41. The molecule has 1 fully saturated rings. The number of allylic oxidation sites excluding steroid dienone is 1. The lowest BCUT2D eigenvalue weighted by molar-refractivity contribution is -0.00711. The van der Waals surface area contributed by atoms with Crippen LogP contribution < -0.4 is 16.3 Å². The molecule has 0 bridgehead atoms. The highest BCUT2D eigenvalue weighted by Crippen LogP contribution is 2.38. The average molecular weight is 481 g/mol. The second kappa shape index (κ2) is 9.18. The van der Waals surface area contributed by atoms with E-state index >= 15 is 4.39 Å². The first-order valence-electron chi connectivity index (χ1n) is 11.8. The van der Waals surface area contributed by atoms with Crippen molar-refractivity contribution >= 4 is 39.6 Å². The van der Waals surface area contributed by atoms with Crippen molar-refractivity contribution in [3.8, 4) is 0 Å². The summed E-state index contributed by atoms with van der Waals surface area (Å²) in [6.45, 7) is 3.21. The van der Waals surface area contributed by atoms with Gasteiger partial charge in [-0.3, -0.25) is 4.57 Å². The molecule has 5 rings (SSSR count). The number of fused-ring (bicyclic) bond motifs is 3. The molecule has 0 aliphatic carbocycles. The van der Waals surface area contributed by atoms with E-state index in [2.05, 4.69) is 22.5 Å². The van der Waals surface area contributed by atoms with Gasteiger partial charge >= 0.3 is 5.69 Å². The lowest BCUT2D eigenvalue weighted by Crippen LogP contribution is -2.34. The van der Waals surface area contributed by atoms with Crippen LogP contribution in [0.15, 0.2) is 33.7 Å². The molecule has 4 heterocycles. The van der Waals surface area contributed by atoms with Crippen molar-refractivity contribution < 1.29 is 13.5 Å². The molecule has 0 spiro atoms. The van der Waals surface area contributed by atoms with Gasteiger partial charge in [-0.15, -0.1) is 0 Å². The van der Waals surface area contributed by atoms with Crippen molar-refractivity contribution in [2.75, 3.05) is 27.4 Å². The number of nitrogens with one attached hydrogen (secondary N) is 3. The van der Waals surface area contributed by atoms with E-state index in [-0.39, 0.29) is 29.0 Å². The lowest BCUT2D eigenvalue weighted by Gasteiger charge is -2.30. The lowest BCUT2D eigenvalue weighted by atomic mass is 10.0. The van der Waals surface area contributed by atoms with Crippen LogP contribution in [0.25, 0.3) is 33.3 Å². The van der Waals surface area contributed by atoms with Crippen LogP contribution in [0, 0.1) is 11.2 Å². The number of benzene rings is 1. The van der Waals surface area contributed by atoms with Gasteiger partial charge in [0.2, 0.25) is 0 Å². The minimum Gasteiger partial charge on any atom is -0.449 e. The Labute approximate surface area is 201 Å². The van der Waals surface area contributed by atoms with Gasteiger partial charge in [-0.2, -0.15) is 4.98 Å². The summed E-state index contributed by atoms with van der Waals surface area (Å²) >= 11 is 0. The summed E-state index contributed by atoms with van der Waals surface area (Å²) in [5.74, 6) is -0.525. The van der Waals surface area contributed by atoms with Crippen molar-refractivity contribution in [2.45, 2.75) is 38.3 Å². The number of rotatable bonds is 6. The summed E-state index contributed by atoms with van der Waals surface area (Å²) in [7, 11) is 3.62. The van der Waals surface area contributed by atoms with Crippen LogP contribution in [0.1, 0.15) is 43.5 Å². The van der Waals surface area contributed by atoms with Gasteiger partial charge in [0.05, 0.1) is 18.5 Å². The van der Waals surface area contributed by atoms with Crippen LogP contribution in [0.3, 0.4) is 0 Å². The van der Waals surface area contributed by atoms with Crippen molar-refractivity contribution in [3.63, 3.8) is 0 Å². The molecule has 0 radical (unpaired) electrons. The summed E-state index contributed by atoms with van der Waals surface area (Å²) in [6, 6.07) is 3.12. The van der Waals surface area contributed by atoms with Crippen molar-refractivity contribution in [2.24, 2.45) is 0 Å². The highest BCUT2D eigenvalue weighted by molar-refractivity contribution is 6.14. The number of halogens is 1. The highest BCUT2D eigenvalue weighted by Gasteiger charge is 2.30. The molecule has 2 aliphatic heterocycles. The third-order valence-corrected chi connectivity index (χ3v) is 6.66. The van der Waals surface area contributed by atoms with Crippen LogP contribution in [-0.2, 0) is 4.74 Å². The van der Waals surface area contributed by atoms with E-state index < -0.39 is 11.5 Å². The third-order valence-electron chi connectivity index (χ3n) is 6.66. The van der Waals surface area contributed by atoms with Gasteiger partial charge in [-0.25, -0.2) is 9.18 Å². The van der Waals surface area contributed by atoms with E-state index in [1.807, 2.05) is 24.2 Å². The molecular weight excluding hydrogens is 451 g/mol. The number of aromatic nitrogens is 2. The first-order valence-corrected chi connectivity index (χ1v) is 11.8. The third kappa shape index (κ3) is 3.97. The van der Waals surface area contributed by atoms with Gasteiger partial charge in [0.15, 0.2) is 17.0 Å². The molecule has 3 aromatic rings. The predicted molar refractivity (Wildman–Crippen MR) is 134 cm³/mol. The molecule has 2 aliphatic rings. The minimum absolute atomic E-state index is 0.0329. The zero-order valence-corrected chi connectivity index (χ0v) is 20.0. The molecular formula is C25H29FN6O3. The van der Waals surface area contributed by atoms with Crippen LogP contribution in [-0.4, -0.2) is 54.1 Å². The quantitative estimate of drug-likeness (QED) is 0.464. The fourth-order valence-corrected chi connectivity index (χ4v) is 4.94. The number of nitrogens with zero attached hydrogens (tertiary/aromatic N) is 3. The highest BCUT2D eigenvalue weighted by atomic mass is 19.1. The Morgan fingerprint density at radius 3 is 2.91 bits per heavy atom. The Balaban J connectivity index is 1.84. The fourth-order valence-electron chi connectivity index (χ4n) is 4.94. The molecule has 1 aromatic carbocycles. The average Bonchev–Trinajstić information content (AvgIpc) is 3.46. The monoisotopic (exact) mass is 480 g/mol. The molecule has 2 aromatic heterocycles. The standard InChI is InChI=1S/C25H29FN6O3/c1-4-17-9-16(5-6-34-17)32-22-18-7-14(20-12-31(3)13-29-20)8-19(26)23(18)35-24(22)21(30-25(32)33)15(10-27)11-28-2/h7-8,10-12,16-17,27-29H,4-6,9,13H2,1-3H3/b15-11+,27-10?/t16-,17-/m0/s1. The topological polar surface area (TPSA) is 108 Å². The Kier molecular flexibility index (Phi) is 6.06. The van der Waals surface area contributed by atoms with Crippen LogP contribution in [0.5, 0.6) is 0 Å². The largest absolute Gasteiger partial charge is 0.449 e. The van der Waals surface area contributed by atoms with E-state index in [4.69, 9.17) is 14.6 Å². The number of furan rings is 1. The molecule has 10 heteroatoms. The maximum atomic E-state index is 15.4. The first kappa shape index (κ1) is 23.1. The maximum absolute atomic E-state index is 15.4. The van der Waals surface area contributed by atoms with E-state index in [0.29, 0.717) is 48.2 Å². The van der Waals surface area contributed by atoms with E-state index in [9.17, 15) is 4.79 Å². The second-order valence-corrected chi connectivity index (χ2v) is 8.97. The molecule has 0 amide bonds. The zero-order valence-electron chi connectivity index (χ0n) is 20.0. The van der Waals surface area contributed by atoms with Gasteiger partial charge in [0, 0.05) is 61.9 Å². The summed E-state index contributed by atoms with van der Waals surface area (Å²) < 4.78 is 29.0. The molecule has 2 atom stereocenters. The molecule has 1 saturated heterocycles. The normalized spacial score (nSPS) is 20.9. The summed E-state index contributed by atoms with van der Waals surface area (Å²) in [5.41, 5.74) is 2.41. The molecule has 3 N–H and O–H groups in total. The summed E-state index contributed by atoms with van der Waals surface area (Å²) in [4.78, 5) is 19.8. The minimum atomic E-state index is -0.525. The van der Waals surface area contributed by atoms with E-state index in [0.717, 1.165) is 18.3 Å². The van der Waals surface area contributed by atoms with Crippen molar-refractivity contribution in [3.05, 3.63) is 52.1 Å². The Hall–Kier alpha value is -3.66. The number of hydrogen-bond donors (Lipinski definition) is 3. The van der Waals surface area contributed by atoms with Crippen LogP contribution in [0.4, 0.5) is 4.39 Å². The number of hydrogen-bond acceptors (Lipinski definition) is 8. The Morgan fingerprint density at radius 1 is 1.40 bits per heavy atom. The van der Waals surface area contributed by atoms with Crippen LogP contribution in [0.2, 0.25) is 0 Å². The van der Waals surface area contributed by atoms with Gasteiger partial charge in [-0.05, 0) is 31.4 Å².